The zero-order valence-corrected chi connectivity index (χ0v) is 16.7. The van der Waals surface area contributed by atoms with Crippen LogP contribution in [0.3, 0.4) is 0 Å². The van der Waals surface area contributed by atoms with Gasteiger partial charge in [0.2, 0.25) is 0 Å². The van der Waals surface area contributed by atoms with Crippen molar-refractivity contribution >= 4 is 32.8 Å². The number of alkyl halides is 1. The van der Waals surface area contributed by atoms with E-state index in [2.05, 4.69) is 37.7 Å². The minimum absolute atomic E-state index is 0.296. The number of benzene rings is 1. The Kier molecular flexibility index (Phi) is 4.85. The summed E-state index contributed by atoms with van der Waals surface area (Å²) in [7, 11) is 0. The van der Waals surface area contributed by atoms with Crippen molar-refractivity contribution in [2.24, 2.45) is 0 Å². The van der Waals surface area contributed by atoms with Gasteiger partial charge in [0.1, 0.15) is 30.0 Å². The number of nitrogens with zero attached hydrogens (tertiary/aromatic N) is 3. The van der Waals surface area contributed by atoms with E-state index in [-0.39, 0.29) is 6.61 Å². The van der Waals surface area contributed by atoms with E-state index in [0.29, 0.717) is 22.4 Å². The van der Waals surface area contributed by atoms with Crippen LogP contribution < -0.4 is 5.73 Å². The number of nitrogens with two attached hydrogens (primary N) is 1. The molecule has 1 fully saturated rings. The number of nitrogen functional groups attached to an aromatic ring is 1. The number of hydrogen-bond donors (Lipinski definition) is 3. The zero-order chi connectivity index (χ0) is 19.9. The van der Waals surface area contributed by atoms with E-state index in [9.17, 15) is 10.2 Å². The maximum absolute atomic E-state index is 10.5. The van der Waals surface area contributed by atoms with Crippen molar-refractivity contribution in [1.29, 1.82) is 0 Å². The number of fused-ring (bicyclic) bond motifs is 1. The monoisotopic (exact) mass is 442 g/mol. The van der Waals surface area contributed by atoms with Gasteiger partial charge in [-0.2, -0.15) is 0 Å². The Morgan fingerprint density at radius 2 is 2.04 bits per heavy atom. The number of aliphatic hydroxyl groups excluding tert-OH is 2. The van der Waals surface area contributed by atoms with Crippen molar-refractivity contribution in [3.8, 4) is 11.8 Å². The molecule has 2 unspecified atom stereocenters. The fourth-order valence-electron chi connectivity index (χ4n) is 3.41. The van der Waals surface area contributed by atoms with Crippen LogP contribution in [-0.4, -0.2) is 47.9 Å². The summed E-state index contributed by atoms with van der Waals surface area (Å²) in [6.45, 7) is 1.51. The van der Waals surface area contributed by atoms with Gasteiger partial charge < -0.3 is 25.3 Å². The predicted octanol–water partition coefficient (Wildman–Crippen LogP) is 1.82. The molecule has 3 heterocycles. The van der Waals surface area contributed by atoms with Gasteiger partial charge in [0, 0.05) is 11.8 Å². The summed E-state index contributed by atoms with van der Waals surface area (Å²) in [5.74, 6) is 6.57. The van der Waals surface area contributed by atoms with Crippen molar-refractivity contribution in [3.63, 3.8) is 0 Å². The number of aromatic nitrogens is 3. The Hall–Kier alpha value is -2.44. The van der Waals surface area contributed by atoms with E-state index in [1.807, 2.05) is 37.3 Å². The molecule has 2 aromatic heterocycles. The highest BCUT2D eigenvalue weighted by Crippen LogP contribution is 2.46. The first-order chi connectivity index (χ1) is 13.4. The molecule has 0 bridgehead atoms. The minimum Gasteiger partial charge on any atom is -0.394 e. The van der Waals surface area contributed by atoms with Gasteiger partial charge in [-0.1, -0.05) is 46.0 Å². The Bertz CT molecular complexity index is 1070. The second kappa shape index (κ2) is 7.18. The Morgan fingerprint density at radius 3 is 2.71 bits per heavy atom. The van der Waals surface area contributed by atoms with Crippen LogP contribution in [0, 0.1) is 11.8 Å². The van der Waals surface area contributed by atoms with Crippen molar-refractivity contribution < 1.29 is 14.9 Å². The summed E-state index contributed by atoms with van der Waals surface area (Å²) in [6, 6.07) is 9.61. The molecule has 28 heavy (non-hydrogen) atoms. The maximum Gasteiger partial charge on any atom is 0.153 e. The second-order valence-electron chi connectivity index (χ2n) is 6.83. The zero-order valence-electron chi connectivity index (χ0n) is 15.1. The molecular formula is C20H19BrN4O3. The average Bonchev–Trinajstić information content (AvgIpc) is 3.17. The Balaban J connectivity index is 1.85. The highest BCUT2D eigenvalue weighted by molar-refractivity contribution is 9.10. The third kappa shape index (κ3) is 3.06. The fraction of sp³-hybridized carbons (Fsp3) is 0.300. The lowest BCUT2D eigenvalue weighted by atomic mass is 10.0. The van der Waals surface area contributed by atoms with Crippen LogP contribution in [0.25, 0.3) is 11.0 Å². The van der Waals surface area contributed by atoms with E-state index >= 15 is 0 Å². The third-order valence-corrected chi connectivity index (χ3v) is 5.76. The Labute approximate surface area is 170 Å². The molecule has 0 amide bonds. The molecule has 0 saturated carbocycles. The van der Waals surface area contributed by atoms with Gasteiger partial charge in [0.15, 0.2) is 6.23 Å². The molecule has 0 radical (unpaired) electrons. The molecule has 4 atom stereocenters. The lowest BCUT2D eigenvalue weighted by Gasteiger charge is -2.27. The number of hydrogen-bond acceptors (Lipinski definition) is 6. The predicted molar refractivity (Wildman–Crippen MR) is 109 cm³/mol. The normalized spacial score (nSPS) is 26.9. The van der Waals surface area contributed by atoms with E-state index in [0.717, 1.165) is 5.56 Å². The first-order valence-corrected chi connectivity index (χ1v) is 9.54. The third-order valence-electron chi connectivity index (χ3n) is 4.90. The molecule has 1 aliphatic rings. The van der Waals surface area contributed by atoms with Gasteiger partial charge in [0.25, 0.3) is 0 Å². The van der Waals surface area contributed by atoms with E-state index in [4.69, 9.17) is 10.5 Å². The molecule has 4 N–H and O–H groups in total. The van der Waals surface area contributed by atoms with Crippen molar-refractivity contribution in [2.45, 2.75) is 29.7 Å². The summed E-state index contributed by atoms with van der Waals surface area (Å²) in [5.41, 5.74) is 8.19. The first-order valence-electron chi connectivity index (χ1n) is 8.75. The van der Waals surface area contributed by atoms with E-state index in [1.54, 1.807) is 10.8 Å². The smallest absolute Gasteiger partial charge is 0.153 e. The molecule has 8 heteroatoms. The molecule has 1 saturated heterocycles. The van der Waals surface area contributed by atoms with Crippen LogP contribution in [0.2, 0.25) is 0 Å². The van der Waals surface area contributed by atoms with Gasteiger partial charge in [-0.05, 0) is 19.1 Å². The van der Waals surface area contributed by atoms with Crippen molar-refractivity contribution in [2.75, 3.05) is 12.3 Å². The molecular weight excluding hydrogens is 424 g/mol. The molecule has 1 aliphatic heterocycles. The Morgan fingerprint density at radius 1 is 1.29 bits per heavy atom. The van der Waals surface area contributed by atoms with Gasteiger partial charge in [-0.25, -0.2) is 9.97 Å². The van der Waals surface area contributed by atoms with Gasteiger partial charge in [-0.15, -0.1) is 0 Å². The number of rotatable bonds is 2. The van der Waals surface area contributed by atoms with Crippen molar-refractivity contribution in [3.05, 3.63) is 54.0 Å². The molecule has 144 valence electrons. The fourth-order valence-corrected chi connectivity index (χ4v) is 4.03. The highest BCUT2D eigenvalue weighted by Gasteiger charge is 2.52. The minimum atomic E-state index is -0.905. The highest BCUT2D eigenvalue weighted by atomic mass is 79.9. The number of ether oxygens (including phenoxy) is 1. The van der Waals surface area contributed by atoms with Crippen LogP contribution in [0.15, 0.2) is 42.9 Å². The van der Waals surface area contributed by atoms with Crippen LogP contribution in [0.4, 0.5) is 5.82 Å². The SMILES string of the molecule is C[C@@]1(Br)C(O)C(CO)O[C@H]1n1cc(C#Cc2ccccc2)c2c(N)ncnc21. The molecule has 0 spiro atoms. The molecule has 0 aliphatic carbocycles. The van der Waals surface area contributed by atoms with Gasteiger partial charge >= 0.3 is 0 Å². The average molecular weight is 443 g/mol. The molecule has 3 aromatic rings. The lowest BCUT2D eigenvalue weighted by molar-refractivity contribution is -0.0437. The van der Waals surface area contributed by atoms with E-state index in [1.165, 1.54) is 6.33 Å². The van der Waals surface area contributed by atoms with Gasteiger partial charge in [-0.3, -0.25) is 0 Å². The summed E-state index contributed by atoms with van der Waals surface area (Å²) in [6.07, 6.45) is 0.928. The van der Waals surface area contributed by atoms with Crippen molar-refractivity contribution in [1.82, 2.24) is 14.5 Å². The number of aliphatic hydroxyl groups is 2. The molecule has 1 aromatic carbocycles. The topological polar surface area (TPSA) is 106 Å². The molecule has 4 rings (SSSR count). The quantitative estimate of drug-likeness (QED) is 0.412. The van der Waals surface area contributed by atoms with Crippen LogP contribution in [0.5, 0.6) is 0 Å². The summed E-state index contributed by atoms with van der Waals surface area (Å²) in [4.78, 5) is 8.45. The number of anilines is 1. The largest absolute Gasteiger partial charge is 0.394 e. The van der Waals surface area contributed by atoms with E-state index < -0.39 is 22.8 Å². The standard InChI is InChI=1S/C20H19BrN4O3/c1-20(21)16(27)14(10-26)28-19(20)25-9-13(8-7-12-5-3-2-4-6-12)15-17(22)23-11-24-18(15)25/h2-6,9,11,14,16,19,26-27H,10H2,1H3,(H2,22,23,24)/t14?,16?,19-,20-/m1/s1. The summed E-state index contributed by atoms with van der Waals surface area (Å²) >= 11 is 3.56. The van der Waals surface area contributed by atoms with Crippen LogP contribution >= 0.6 is 15.9 Å². The first kappa shape index (κ1) is 18.9. The van der Waals surface area contributed by atoms with Crippen LogP contribution in [-0.2, 0) is 4.74 Å². The molecule has 7 nitrogen and oxygen atoms in total. The maximum atomic E-state index is 10.5. The summed E-state index contributed by atoms with van der Waals surface area (Å²) < 4.78 is 6.85. The number of halogens is 1. The lowest BCUT2D eigenvalue weighted by Crippen LogP contribution is -2.39. The summed E-state index contributed by atoms with van der Waals surface area (Å²) in [5, 5.41) is 20.7. The second-order valence-corrected chi connectivity index (χ2v) is 8.54. The van der Waals surface area contributed by atoms with Crippen LogP contribution in [0.1, 0.15) is 24.3 Å². The van der Waals surface area contributed by atoms with Gasteiger partial charge in [0.05, 0.1) is 21.9 Å².